The number of methoxy groups -OCH3 is 1. The van der Waals surface area contributed by atoms with E-state index >= 15 is 0 Å². The monoisotopic (exact) mass is 431 g/mol. The fourth-order valence-corrected chi connectivity index (χ4v) is 5.76. The summed E-state index contributed by atoms with van der Waals surface area (Å²) in [7, 11) is -1.94. The fourth-order valence-electron chi connectivity index (χ4n) is 4.77. The van der Waals surface area contributed by atoms with Crippen LogP contribution in [0.5, 0.6) is 5.88 Å². The number of aryl methyl sites for hydroxylation is 1. The molecule has 2 amide bonds. The van der Waals surface area contributed by atoms with Gasteiger partial charge in [-0.1, -0.05) is 13.0 Å². The third kappa shape index (κ3) is 3.10. The highest BCUT2D eigenvalue weighted by atomic mass is 32.2. The van der Waals surface area contributed by atoms with Crippen LogP contribution in [0.2, 0.25) is 0 Å². The third-order valence-electron chi connectivity index (χ3n) is 6.08. The Morgan fingerprint density at radius 1 is 1.47 bits per heavy atom. The Bertz CT molecular complexity index is 1160. The molecule has 2 heterocycles. The summed E-state index contributed by atoms with van der Waals surface area (Å²) in [5.74, 6) is 0.660. The first-order valence-electron chi connectivity index (χ1n) is 10.1. The number of ether oxygens (including phenoxy) is 2. The predicted octanol–water partition coefficient (Wildman–Crippen LogP) is 2.37. The minimum Gasteiger partial charge on any atom is -0.469 e. The summed E-state index contributed by atoms with van der Waals surface area (Å²) >= 11 is 0. The van der Waals surface area contributed by atoms with Crippen molar-refractivity contribution in [2.45, 2.75) is 56.1 Å². The van der Waals surface area contributed by atoms with Crippen molar-refractivity contribution < 1.29 is 18.5 Å². The van der Waals surface area contributed by atoms with Crippen molar-refractivity contribution in [2.75, 3.05) is 19.0 Å². The van der Waals surface area contributed by atoms with Gasteiger partial charge >= 0.3 is 6.03 Å². The molecule has 3 atom stereocenters. The van der Waals surface area contributed by atoms with Crippen LogP contribution in [-0.2, 0) is 40.5 Å². The van der Waals surface area contributed by atoms with Gasteiger partial charge < -0.3 is 14.8 Å². The van der Waals surface area contributed by atoms with Crippen LogP contribution in [0.1, 0.15) is 41.5 Å². The van der Waals surface area contributed by atoms with Gasteiger partial charge in [-0.05, 0) is 53.9 Å². The summed E-state index contributed by atoms with van der Waals surface area (Å²) in [5.41, 5.74) is 5.74. The molecule has 3 aliphatic rings. The molecule has 1 aliphatic heterocycles. The van der Waals surface area contributed by atoms with Gasteiger partial charge in [-0.2, -0.15) is 5.10 Å². The number of fused-ring (bicyclic) bond motifs is 3. The van der Waals surface area contributed by atoms with E-state index in [9.17, 15) is 9.00 Å². The lowest BCUT2D eigenvalue weighted by Gasteiger charge is -2.31. The maximum absolute atomic E-state index is 13.1. The van der Waals surface area contributed by atoms with E-state index in [4.69, 9.17) is 14.6 Å². The van der Waals surface area contributed by atoms with E-state index in [1.54, 1.807) is 11.8 Å². The molecule has 9 nitrogen and oxygen atoms in total. The first-order valence-corrected chi connectivity index (χ1v) is 11.7. The molecule has 0 saturated heterocycles. The predicted molar refractivity (Wildman–Crippen MR) is 111 cm³/mol. The molecule has 2 aromatic rings. The highest BCUT2D eigenvalue weighted by molar-refractivity contribution is 7.91. The van der Waals surface area contributed by atoms with Crippen LogP contribution in [0.25, 0.3) is 0 Å². The van der Waals surface area contributed by atoms with Gasteiger partial charge in [0, 0.05) is 12.8 Å². The van der Waals surface area contributed by atoms with Gasteiger partial charge in [-0.3, -0.25) is 0 Å². The second kappa shape index (κ2) is 7.07. The zero-order valence-corrected chi connectivity index (χ0v) is 17.8. The highest BCUT2D eigenvalue weighted by Crippen LogP contribution is 2.45. The lowest BCUT2D eigenvalue weighted by Crippen LogP contribution is -2.23. The third-order valence-corrected chi connectivity index (χ3v) is 7.42. The number of anilines is 1. The van der Waals surface area contributed by atoms with Crippen LogP contribution < -0.4 is 15.2 Å². The van der Waals surface area contributed by atoms with Crippen molar-refractivity contribution in [2.24, 2.45) is 9.50 Å². The number of amides is 2. The number of benzene rings is 1. The van der Waals surface area contributed by atoms with E-state index in [-0.39, 0.29) is 16.9 Å². The maximum Gasteiger partial charge on any atom is 0.354 e. The number of nitrogens with two attached hydrogens (primary N) is 1. The van der Waals surface area contributed by atoms with Crippen LogP contribution in [0.15, 0.2) is 21.5 Å². The first-order chi connectivity index (χ1) is 14.4. The number of hydrogen-bond acceptors (Lipinski definition) is 5. The van der Waals surface area contributed by atoms with Gasteiger partial charge in [-0.25, -0.2) is 18.8 Å². The fraction of sp³-hybridized carbons (Fsp3) is 0.500. The molecule has 0 saturated carbocycles. The van der Waals surface area contributed by atoms with Crippen LogP contribution in [0, 0.1) is 0 Å². The SMILES string of the molecule is COC[C@@H]1Cn2ncc(S(N)(=O)=NC(=O)Nc3c4c(cc5c3[C@@H](C)C5)CCC4)c2O1. The summed E-state index contributed by atoms with van der Waals surface area (Å²) in [5, 5.41) is 13.0. The van der Waals surface area contributed by atoms with E-state index in [2.05, 4.69) is 27.8 Å². The summed E-state index contributed by atoms with van der Waals surface area (Å²) in [6.07, 6.45) is 5.14. The summed E-state index contributed by atoms with van der Waals surface area (Å²) in [6.45, 7) is 2.98. The van der Waals surface area contributed by atoms with Gasteiger partial charge in [0.25, 0.3) is 0 Å². The highest BCUT2D eigenvalue weighted by Gasteiger charge is 2.33. The molecule has 0 fully saturated rings. The van der Waals surface area contributed by atoms with Gasteiger partial charge in [0.1, 0.15) is 11.0 Å². The molecule has 0 spiro atoms. The molecular weight excluding hydrogens is 406 g/mol. The number of carbonyl (C=O) groups excluding carboxylic acids is 1. The molecule has 1 unspecified atom stereocenters. The first kappa shape index (κ1) is 19.5. The molecule has 1 aromatic carbocycles. The molecule has 0 bridgehead atoms. The molecule has 10 heteroatoms. The number of rotatable bonds is 4. The van der Waals surface area contributed by atoms with Crippen molar-refractivity contribution in [1.82, 2.24) is 9.78 Å². The quantitative estimate of drug-likeness (QED) is 0.770. The molecule has 5 rings (SSSR count). The average Bonchev–Trinajstić information content (AvgIpc) is 3.35. The Morgan fingerprint density at radius 3 is 3.07 bits per heavy atom. The Hall–Kier alpha value is -2.43. The van der Waals surface area contributed by atoms with Gasteiger partial charge in [0.2, 0.25) is 5.88 Å². The average molecular weight is 432 g/mol. The smallest absolute Gasteiger partial charge is 0.354 e. The minimum atomic E-state index is -3.52. The number of urea groups is 1. The van der Waals surface area contributed by atoms with Crippen molar-refractivity contribution in [3.8, 4) is 5.88 Å². The van der Waals surface area contributed by atoms with E-state index in [0.29, 0.717) is 19.1 Å². The van der Waals surface area contributed by atoms with Crippen LogP contribution >= 0.6 is 0 Å². The van der Waals surface area contributed by atoms with Gasteiger partial charge in [-0.15, -0.1) is 4.36 Å². The number of hydrogen-bond donors (Lipinski definition) is 2. The second-order valence-electron chi connectivity index (χ2n) is 8.20. The maximum atomic E-state index is 13.1. The molecule has 30 heavy (non-hydrogen) atoms. The minimum absolute atomic E-state index is 0.121. The Morgan fingerprint density at radius 2 is 2.30 bits per heavy atom. The standard InChI is InChI=1S/C20H25N5O4S/c1-11-6-13-7-12-4-3-5-15(12)18(17(11)13)23-20(26)24-30(21,27)16-8-22-25-9-14(10-28-2)29-19(16)25/h7-8,11,14H,3-6,9-10H2,1-2H3,(H3,21,23,24,26,27)/t11-,14-,30?/m0/s1. The molecule has 3 N–H and O–H groups in total. The van der Waals surface area contributed by atoms with Crippen molar-refractivity contribution in [3.05, 3.63) is 34.5 Å². The number of carbonyl (C=O) groups is 1. The number of aromatic nitrogens is 2. The normalized spacial score (nSPS) is 22.9. The van der Waals surface area contributed by atoms with Crippen molar-refractivity contribution >= 4 is 21.6 Å². The Labute approximate surface area is 175 Å². The zero-order valence-electron chi connectivity index (χ0n) is 17.0. The molecule has 0 radical (unpaired) electrons. The van der Waals surface area contributed by atoms with E-state index in [1.165, 1.54) is 28.5 Å². The van der Waals surface area contributed by atoms with E-state index in [0.717, 1.165) is 31.4 Å². The number of nitrogens with zero attached hydrogens (tertiary/aromatic N) is 3. The number of nitrogens with one attached hydrogen (secondary N) is 1. The van der Waals surface area contributed by atoms with E-state index < -0.39 is 15.9 Å². The molecule has 1 aromatic heterocycles. The summed E-state index contributed by atoms with van der Waals surface area (Å²) < 4.78 is 29.4. The second-order valence-corrected chi connectivity index (χ2v) is 9.96. The zero-order chi connectivity index (χ0) is 21.0. The molecular formula is C20H25N5O4S. The Balaban J connectivity index is 1.44. The molecule has 2 aliphatic carbocycles. The van der Waals surface area contributed by atoms with E-state index in [1.807, 2.05) is 0 Å². The summed E-state index contributed by atoms with van der Waals surface area (Å²) in [6, 6.07) is 1.55. The van der Waals surface area contributed by atoms with Gasteiger partial charge in [0.05, 0.1) is 19.3 Å². The van der Waals surface area contributed by atoms with Crippen molar-refractivity contribution in [3.63, 3.8) is 0 Å². The van der Waals surface area contributed by atoms with Crippen LogP contribution in [-0.4, -0.2) is 39.8 Å². The lowest BCUT2D eigenvalue weighted by atomic mass is 9.75. The van der Waals surface area contributed by atoms with Crippen molar-refractivity contribution in [1.29, 1.82) is 0 Å². The largest absolute Gasteiger partial charge is 0.469 e. The Kier molecular flexibility index (Phi) is 4.60. The topological polar surface area (TPSA) is 121 Å². The van der Waals surface area contributed by atoms with Crippen LogP contribution in [0.3, 0.4) is 0 Å². The van der Waals surface area contributed by atoms with Crippen LogP contribution in [0.4, 0.5) is 10.5 Å². The summed E-state index contributed by atoms with van der Waals surface area (Å²) in [4.78, 5) is 12.9. The lowest BCUT2D eigenvalue weighted by molar-refractivity contribution is 0.0920. The van der Waals surface area contributed by atoms with Gasteiger partial charge in [0.15, 0.2) is 9.92 Å². The molecule has 160 valence electrons.